The van der Waals surface area contributed by atoms with Crippen molar-refractivity contribution in [3.8, 4) is 0 Å². The summed E-state index contributed by atoms with van der Waals surface area (Å²) in [7, 11) is 0. The Morgan fingerprint density at radius 2 is 1.94 bits per heavy atom. The molecule has 0 amide bonds. The molecule has 0 unspecified atom stereocenters. The maximum Gasteiger partial charge on any atom is 0.253 e. The molecule has 3 N–H and O–H groups in total. The van der Waals surface area contributed by atoms with Crippen molar-refractivity contribution in [2.24, 2.45) is 0 Å². The second-order valence-corrected chi connectivity index (χ2v) is 4.07. The zero-order chi connectivity index (χ0) is 13.1. The fraction of sp³-hybridized carbons (Fsp3) is 0.333. The van der Waals surface area contributed by atoms with Crippen molar-refractivity contribution in [3.05, 3.63) is 44.6 Å². The summed E-state index contributed by atoms with van der Waals surface area (Å²) in [6.45, 7) is 2.15. The molecule has 6 nitrogen and oxygen atoms in total. The van der Waals surface area contributed by atoms with Gasteiger partial charge in [0.2, 0.25) is 0 Å². The Balaban J connectivity index is 2.02. The Kier molecular flexibility index (Phi) is 3.47. The first-order chi connectivity index (χ1) is 8.59. The lowest BCUT2D eigenvalue weighted by atomic mass is 10.2. The predicted molar refractivity (Wildman–Crippen MR) is 67.6 cm³/mol. The molecule has 0 aliphatic rings. The van der Waals surface area contributed by atoms with Gasteiger partial charge in [0.15, 0.2) is 0 Å². The van der Waals surface area contributed by atoms with Crippen molar-refractivity contribution in [3.63, 3.8) is 0 Å². The van der Waals surface area contributed by atoms with Crippen LogP contribution in [0.25, 0.3) is 0 Å². The molecule has 0 bridgehead atoms. The molecule has 1 aromatic carbocycles. The van der Waals surface area contributed by atoms with Crippen LogP contribution in [0.5, 0.6) is 0 Å². The fourth-order valence-corrected chi connectivity index (χ4v) is 1.57. The quantitative estimate of drug-likeness (QED) is 0.638. The molecular formula is C12H14N2O4. The summed E-state index contributed by atoms with van der Waals surface area (Å²) in [6.07, 6.45) is 0.943. The van der Waals surface area contributed by atoms with Crippen molar-refractivity contribution >= 4 is 11.4 Å². The Hall–Kier alpha value is -2.08. The van der Waals surface area contributed by atoms with Crippen LogP contribution < -0.4 is 21.5 Å². The summed E-state index contributed by atoms with van der Waals surface area (Å²) in [6, 6.07) is 3.51. The Morgan fingerprint density at radius 3 is 2.50 bits per heavy atom. The minimum Gasteiger partial charge on any atom is -0.467 e. The van der Waals surface area contributed by atoms with Gasteiger partial charge in [-0.05, 0) is 19.1 Å². The Bertz CT molecular complexity index is 579. The van der Waals surface area contributed by atoms with E-state index in [0.717, 1.165) is 0 Å². The maximum atomic E-state index is 11.4. The number of rotatable bonds is 6. The van der Waals surface area contributed by atoms with Crippen LogP contribution in [0.1, 0.15) is 12.7 Å². The van der Waals surface area contributed by atoms with Crippen LogP contribution in [0.2, 0.25) is 0 Å². The first kappa shape index (κ1) is 12.4. The Labute approximate surface area is 103 Å². The second kappa shape index (κ2) is 5.05. The molecule has 18 heavy (non-hydrogen) atoms. The van der Waals surface area contributed by atoms with Gasteiger partial charge in [-0.25, -0.2) is 0 Å². The van der Waals surface area contributed by atoms with E-state index in [4.69, 9.17) is 9.52 Å². The summed E-state index contributed by atoms with van der Waals surface area (Å²) in [5.74, 6) is 0.671. The minimum atomic E-state index is -0.590. The lowest BCUT2D eigenvalue weighted by Crippen LogP contribution is -2.38. The highest BCUT2D eigenvalue weighted by Crippen LogP contribution is 2.15. The standard InChI is InChI=1S/C12H14N2O4/c1-7(15)5-13-9-10(12(17)11(9)16)14-6-8-3-2-4-18-8/h2-4,7,13-15H,5-6H2,1H3/t7-/m0/s1. The molecule has 6 heteroatoms. The van der Waals surface area contributed by atoms with Gasteiger partial charge in [-0.3, -0.25) is 9.59 Å². The first-order valence-electron chi connectivity index (χ1n) is 5.61. The van der Waals surface area contributed by atoms with Crippen LogP contribution in [-0.4, -0.2) is 17.8 Å². The van der Waals surface area contributed by atoms with Gasteiger partial charge >= 0.3 is 0 Å². The van der Waals surface area contributed by atoms with Crippen molar-refractivity contribution < 1.29 is 9.52 Å². The van der Waals surface area contributed by atoms with Crippen LogP contribution >= 0.6 is 0 Å². The van der Waals surface area contributed by atoms with E-state index in [1.54, 1.807) is 19.1 Å². The fourth-order valence-electron chi connectivity index (χ4n) is 1.57. The number of nitrogens with one attached hydrogen (secondary N) is 2. The molecular weight excluding hydrogens is 236 g/mol. The molecule has 1 aromatic heterocycles. The summed E-state index contributed by atoms with van der Waals surface area (Å²) >= 11 is 0. The molecule has 0 saturated carbocycles. The average Bonchev–Trinajstić information content (AvgIpc) is 2.84. The maximum absolute atomic E-state index is 11.4. The van der Waals surface area contributed by atoms with Crippen LogP contribution in [0.15, 0.2) is 32.4 Å². The second-order valence-electron chi connectivity index (χ2n) is 4.07. The molecule has 1 heterocycles. The molecule has 0 fully saturated rings. The topological polar surface area (TPSA) is 91.6 Å². The van der Waals surface area contributed by atoms with Gasteiger partial charge < -0.3 is 20.2 Å². The highest BCUT2D eigenvalue weighted by molar-refractivity contribution is 5.73. The largest absolute Gasteiger partial charge is 0.467 e. The monoisotopic (exact) mass is 250 g/mol. The first-order valence-corrected chi connectivity index (χ1v) is 5.61. The number of aliphatic hydroxyl groups is 1. The molecule has 1 atom stereocenters. The minimum absolute atomic E-state index is 0.223. The van der Waals surface area contributed by atoms with Gasteiger partial charge in [-0.2, -0.15) is 0 Å². The molecule has 0 saturated heterocycles. The van der Waals surface area contributed by atoms with E-state index < -0.39 is 17.0 Å². The molecule has 0 spiro atoms. The smallest absolute Gasteiger partial charge is 0.253 e. The van der Waals surface area contributed by atoms with Gasteiger partial charge in [-0.1, -0.05) is 0 Å². The van der Waals surface area contributed by atoms with Gasteiger partial charge in [0.05, 0.1) is 18.9 Å². The van der Waals surface area contributed by atoms with E-state index in [9.17, 15) is 9.59 Å². The number of furan rings is 1. The van der Waals surface area contributed by atoms with Crippen molar-refractivity contribution in [2.45, 2.75) is 19.6 Å². The third kappa shape index (κ3) is 2.43. The van der Waals surface area contributed by atoms with E-state index in [0.29, 0.717) is 12.3 Å². The molecule has 0 aliphatic heterocycles. The van der Waals surface area contributed by atoms with E-state index in [1.165, 1.54) is 6.26 Å². The average molecular weight is 250 g/mol. The molecule has 2 rings (SSSR count). The Morgan fingerprint density at radius 1 is 1.28 bits per heavy atom. The normalized spacial score (nSPS) is 12.6. The van der Waals surface area contributed by atoms with Crippen LogP contribution in [0.4, 0.5) is 11.4 Å². The molecule has 2 aromatic rings. The summed E-state index contributed by atoms with van der Waals surface area (Å²) in [5, 5.41) is 14.7. The van der Waals surface area contributed by atoms with Gasteiger partial charge in [0.25, 0.3) is 10.9 Å². The number of anilines is 2. The third-order valence-electron chi connectivity index (χ3n) is 2.50. The third-order valence-corrected chi connectivity index (χ3v) is 2.50. The van der Waals surface area contributed by atoms with E-state index in [1.807, 2.05) is 0 Å². The van der Waals surface area contributed by atoms with Gasteiger partial charge in [0.1, 0.15) is 17.1 Å². The van der Waals surface area contributed by atoms with Crippen molar-refractivity contribution in [1.29, 1.82) is 0 Å². The van der Waals surface area contributed by atoms with Crippen LogP contribution in [0, 0.1) is 0 Å². The summed E-state index contributed by atoms with van der Waals surface area (Å²) < 4.78 is 5.11. The molecule has 96 valence electrons. The number of hydrogen-bond donors (Lipinski definition) is 3. The zero-order valence-electron chi connectivity index (χ0n) is 9.90. The van der Waals surface area contributed by atoms with Crippen molar-refractivity contribution in [2.75, 3.05) is 17.2 Å². The van der Waals surface area contributed by atoms with E-state index in [2.05, 4.69) is 10.6 Å². The van der Waals surface area contributed by atoms with Crippen molar-refractivity contribution in [1.82, 2.24) is 0 Å². The van der Waals surface area contributed by atoms with Crippen LogP contribution in [-0.2, 0) is 6.54 Å². The lowest BCUT2D eigenvalue weighted by molar-refractivity contribution is 0.208. The lowest BCUT2D eigenvalue weighted by Gasteiger charge is -2.15. The highest BCUT2D eigenvalue weighted by Gasteiger charge is 2.20. The summed E-state index contributed by atoms with van der Waals surface area (Å²) in [5.41, 5.74) is -0.628. The zero-order valence-corrected chi connectivity index (χ0v) is 9.90. The van der Waals surface area contributed by atoms with Gasteiger partial charge in [-0.15, -0.1) is 0 Å². The predicted octanol–water partition coefficient (Wildman–Crippen LogP) is 0.280. The summed E-state index contributed by atoms with van der Waals surface area (Å²) in [4.78, 5) is 22.7. The molecule has 0 radical (unpaired) electrons. The highest BCUT2D eigenvalue weighted by atomic mass is 16.3. The molecule has 0 aliphatic carbocycles. The van der Waals surface area contributed by atoms with E-state index in [-0.39, 0.29) is 17.9 Å². The number of aliphatic hydroxyl groups excluding tert-OH is 1. The van der Waals surface area contributed by atoms with Gasteiger partial charge in [0, 0.05) is 6.54 Å². The SMILES string of the molecule is C[C@H](O)CNc1c(NCc2ccco2)c(=O)c1=O. The number of hydrogen-bond acceptors (Lipinski definition) is 6. The van der Waals surface area contributed by atoms with E-state index >= 15 is 0 Å². The van der Waals surface area contributed by atoms with Crippen LogP contribution in [0.3, 0.4) is 0 Å².